The van der Waals surface area contributed by atoms with Gasteiger partial charge in [0.25, 0.3) is 12.3 Å². The molecular formula is C24H23Cl2F2N5O3S. The summed E-state index contributed by atoms with van der Waals surface area (Å²) >= 11 is 14.2. The van der Waals surface area contributed by atoms with Gasteiger partial charge in [-0.15, -0.1) is 16.4 Å². The Hall–Kier alpha value is -2.76. The van der Waals surface area contributed by atoms with Crippen LogP contribution in [-0.2, 0) is 16.7 Å². The molecular weight excluding hydrogens is 547 g/mol. The molecule has 196 valence electrons. The SMILES string of the molecule is Cn1nc(OCC(=O)N2CCC(c3nc(C4=NOC(c5c(Cl)cccc5Cl)C4)cs3)CC2)cc1C(F)F. The van der Waals surface area contributed by atoms with Crippen LogP contribution in [0.15, 0.2) is 34.8 Å². The number of thiazole rings is 1. The third-order valence-corrected chi connectivity index (χ3v) is 8.13. The number of ether oxygens (including phenoxy) is 1. The van der Waals surface area contributed by atoms with Crippen LogP contribution in [0.2, 0.25) is 10.0 Å². The second kappa shape index (κ2) is 10.9. The Labute approximate surface area is 225 Å². The lowest BCUT2D eigenvalue weighted by Crippen LogP contribution is -2.40. The Balaban J connectivity index is 1.13. The van der Waals surface area contributed by atoms with Gasteiger partial charge in [-0.25, -0.2) is 13.8 Å². The van der Waals surface area contributed by atoms with E-state index >= 15 is 0 Å². The predicted molar refractivity (Wildman–Crippen MR) is 136 cm³/mol. The minimum absolute atomic E-state index is 0.00852. The molecule has 1 saturated heterocycles. The molecule has 0 N–H and O–H groups in total. The summed E-state index contributed by atoms with van der Waals surface area (Å²) < 4.78 is 32.2. The maximum atomic E-state index is 12.9. The van der Waals surface area contributed by atoms with Crippen LogP contribution in [0.25, 0.3) is 0 Å². The van der Waals surface area contributed by atoms with Gasteiger partial charge < -0.3 is 14.5 Å². The molecule has 2 aliphatic rings. The van der Waals surface area contributed by atoms with Gasteiger partial charge in [-0.3, -0.25) is 9.48 Å². The van der Waals surface area contributed by atoms with Crippen LogP contribution in [0, 0.1) is 0 Å². The molecule has 3 aromatic rings. The highest BCUT2D eigenvalue weighted by Crippen LogP contribution is 2.39. The normalized spacial score (nSPS) is 18.3. The fourth-order valence-electron chi connectivity index (χ4n) is 4.44. The Kier molecular flexibility index (Phi) is 7.64. The van der Waals surface area contributed by atoms with E-state index in [1.165, 1.54) is 7.05 Å². The van der Waals surface area contributed by atoms with Crippen molar-refractivity contribution in [2.45, 2.75) is 37.7 Å². The van der Waals surface area contributed by atoms with Crippen molar-refractivity contribution in [3.63, 3.8) is 0 Å². The summed E-state index contributed by atoms with van der Waals surface area (Å²) in [5.74, 6) is 0.0308. The number of likely N-dealkylation sites (tertiary alicyclic amines) is 1. The zero-order valence-corrected chi connectivity index (χ0v) is 22.1. The fraction of sp³-hybridized carbons (Fsp3) is 0.417. The number of rotatable bonds is 7. The van der Waals surface area contributed by atoms with E-state index in [4.69, 9.17) is 37.8 Å². The van der Waals surface area contributed by atoms with E-state index in [1.54, 1.807) is 34.4 Å². The number of hydrogen-bond donors (Lipinski definition) is 0. The Morgan fingerprint density at radius 3 is 2.68 bits per heavy atom. The summed E-state index contributed by atoms with van der Waals surface area (Å²) in [7, 11) is 1.41. The van der Waals surface area contributed by atoms with Crippen LogP contribution in [0.3, 0.4) is 0 Å². The average Bonchev–Trinajstić information content (AvgIpc) is 3.62. The first-order valence-electron chi connectivity index (χ1n) is 11.6. The quantitative estimate of drug-likeness (QED) is 0.360. The third kappa shape index (κ3) is 5.58. The van der Waals surface area contributed by atoms with Gasteiger partial charge in [-0.05, 0) is 25.0 Å². The lowest BCUT2D eigenvalue weighted by molar-refractivity contribution is -0.134. The molecule has 0 saturated carbocycles. The summed E-state index contributed by atoms with van der Waals surface area (Å²) in [5.41, 5.74) is 1.98. The number of halogens is 4. The second-order valence-electron chi connectivity index (χ2n) is 8.82. The smallest absolute Gasteiger partial charge is 0.280 e. The molecule has 37 heavy (non-hydrogen) atoms. The lowest BCUT2D eigenvalue weighted by atomic mass is 9.97. The molecule has 0 radical (unpaired) electrons. The number of hydrogen-bond acceptors (Lipinski definition) is 7. The number of aromatic nitrogens is 3. The minimum Gasteiger partial charge on any atom is -0.466 e. The van der Waals surface area contributed by atoms with Crippen LogP contribution >= 0.6 is 34.5 Å². The van der Waals surface area contributed by atoms with E-state index in [0.717, 1.165) is 45.6 Å². The zero-order valence-electron chi connectivity index (χ0n) is 19.7. The number of alkyl halides is 2. The second-order valence-corrected chi connectivity index (χ2v) is 10.5. The van der Waals surface area contributed by atoms with Crippen LogP contribution < -0.4 is 4.74 Å². The highest BCUT2D eigenvalue weighted by molar-refractivity contribution is 7.10. The van der Waals surface area contributed by atoms with Gasteiger partial charge in [0.15, 0.2) is 12.7 Å². The van der Waals surface area contributed by atoms with E-state index in [0.29, 0.717) is 29.6 Å². The number of benzene rings is 1. The lowest BCUT2D eigenvalue weighted by Gasteiger charge is -2.31. The number of piperidine rings is 1. The molecule has 1 atom stereocenters. The fourth-order valence-corrected chi connectivity index (χ4v) is 6.08. The van der Waals surface area contributed by atoms with E-state index in [1.807, 2.05) is 5.38 Å². The molecule has 1 fully saturated rings. The van der Waals surface area contributed by atoms with E-state index < -0.39 is 6.43 Å². The Morgan fingerprint density at radius 2 is 2.00 bits per heavy atom. The molecule has 1 unspecified atom stereocenters. The molecule has 4 heterocycles. The van der Waals surface area contributed by atoms with E-state index in [9.17, 15) is 13.6 Å². The number of nitrogens with zero attached hydrogens (tertiary/aromatic N) is 5. The van der Waals surface area contributed by atoms with Crippen molar-refractivity contribution in [1.29, 1.82) is 0 Å². The number of carbonyl (C=O) groups is 1. The van der Waals surface area contributed by atoms with Crippen LogP contribution in [-0.4, -0.2) is 51.0 Å². The molecule has 2 aromatic heterocycles. The maximum Gasteiger partial charge on any atom is 0.280 e. The van der Waals surface area contributed by atoms with Crippen LogP contribution in [0.1, 0.15) is 59.7 Å². The highest BCUT2D eigenvalue weighted by Gasteiger charge is 2.31. The highest BCUT2D eigenvalue weighted by atomic mass is 35.5. The predicted octanol–water partition coefficient (Wildman–Crippen LogP) is 5.77. The summed E-state index contributed by atoms with van der Waals surface area (Å²) in [5, 5.41) is 12.1. The van der Waals surface area contributed by atoms with Gasteiger partial charge in [0, 0.05) is 59.5 Å². The molecule has 0 bridgehead atoms. The largest absolute Gasteiger partial charge is 0.466 e. The molecule has 1 amide bonds. The molecule has 13 heteroatoms. The van der Waals surface area contributed by atoms with Crippen LogP contribution in [0.4, 0.5) is 8.78 Å². The number of aryl methyl sites for hydroxylation is 1. The number of amides is 1. The van der Waals surface area contributed by atoms with Crippen molar-refractivity contribution in [1.82, 2.24) is 19.7 Å². The maximum absolute atomic E-state index is 12.9. The topological polar surface area (TPSA) is 81.8 Å². The van der Waals surface area contributed by atoms with Crippen LogP contribution in [0.5, 0.6) is 5.88 Å². The Morgan fingerprint density at radius 1 is 1.27 bits per heavy atom. The first kappa shape index (κ1) is 25.9. The standard InChI is InChI=1S/C24H23Cl2F2N5O3S/c1-32-18(23(27)28)10-20(30-32)35-11-21(34)33-7-5-13(6-8-33)24-29-17(12-37-24)16-9-19(36-31-16)22-14(25)3-2-4-15(22)26/h2-4,10,12-13,19,23H,5-9,11H2,1H3. The summed E-state index contributed by atoms with van der Waals surface area (Å²) in [6, 6.07) is 6.48. The monoisotopic (exact) mass is 569 g/mol. The van der Waals surface area contributed by atoms with E-state index in [2.05, 4.69) is 10.3 Å². The minimum atomic E-state index is -2.66. The first-order valence-corrected chi connectivity index (χ1v) is 13.3. The molecule has 2 aliphatic heterocycles. The summed E-state index contributed by atoms with van der Waals surface area (Å²) in [6.07, 6.45) is -0.969. The molecule has 0 aliphatic carbocycles. The van der Waals surface area contributed by atoms with Crippen molar-refractivity contribution < 1.29 is 23.1 Å². The van der Waals surface area contributed by atoms with Crippen molar-refractivity contribution >= 4 is 46.2 Å². The van der Waals surface area contributed by atoms with Gasteiger partial charge in [0.2, 0.25) is 5.88 Å². The average molecular weight is 570 g/mol. The molecule has 1 aromatic carbocycles. The molecule has 0 spiro atoms. The number of carbonyl (C=O) groups excluding carboxylic acids is 1. The third-order valence-electron chi connectivity index (χ3n) is 6.47. The van der Waals surface area contributed by atoms with Gasteiger partial charge in [0.05, 0.1) is 10.7 Å². The van der Waals surface area contributed by atoms with Crippen molar-refractivity contribution in [3.8, 4) is 5.88 Å². The van der Waals surface area contributed by atoms with E-state index in [-0.39, 0.29) is 36.1 Å². The number of oxime groups is 1. The van der Waals surface area contributed by atoms with Gasteiger partial charge in [0.1, 0.15) is 11.4 Å². The van der Waals surface area contributed by atoms with Crippen molar-refractivity contribution in [2.75, 3.05) is 19.7 Å². The van der Waals surface area contributed by atoms with Gasteiger partial charge in [-0.1, -0.05) is 34.4 Å². The molecule has 5 rings (SSSR count). The zero-order chi connectivity index (χ0) is 26.1. The van der Waals surface area contributed by atoms with Gasteiger partial charge in [-0.2, -0.15) is 0 Å². The molecule has 8 nitrogen and oxygen atoms in total. The summed E-state index contributed by atoms with van der Waals surface area (Å²) in [6.45, 7) is 0.870. The van der Waals surface area contributed by atoms with Crippen molar-refractivity contribution in [3.05, 3.63) is 61.6 Å². The Bertz CT molecular complexity index is 1300. The van der Waals surface area contributed by atoms with Gasteiger partial charge >= 0.3 is 0 Å². The summed E-state index contributed by atoms with van der Waals surface area (Å²) in [4.78, 5) is 24.7. The first-order chi connectivity index (χ1) is 17.8. The van der Waals surface area contributed by atoms with Crippen molar-refractivity contribution in [2.24, 2.45) is 12.2 Å².